The highest BCUT2D eigenvalue weighted by Gasteiger charge is 2.20. The van der Waals surface area contributed by atoms with Crippen LogP contribution in [0.15, 0.2) is 18.2 Å². The van der Waals surface area contributed by atoms with Crippen LogP contribution >= 0.6 is 11.6 Å². The molecular formula is C13H14ClNO3. The number of carboxylic acid groups (broad SMARTS) is 1. The molecule has 1 saturated carbocycles. The molecule has 0 aromatic heterocycles. The number of benzene rings is 1. The molecule has 1 amide bonds. The van der Waals surface area contributed by atoms with E-state index in [1.807, 2.05) is 0 Å². The summed E-state index contributed by atoms with van der Waals surface area (Å²) in [4.78, 5) is 22.5. The molecule has 5 heteroatoms. The fraction of sp³-hybridized carbons (Fsp3) is 0.385. The first-order valence-corrected chi connectivity index (χ1v) is 6.27. The second kappa shape index (κ2) is 5.40. The summed E-state index contributed by atoms with van der Waals surface area (Å²) in [6, 6.07) is 4.40. The van der Waals surface area contributed by atoms with Crippen molar-refractivity contribution in [3.05, 3.63) is 28.8 Å². The zero-order chi connectivity index (χ0) is 13.1. The van der Waals surface area contributed by atoms with E-state index in [0.29, 0.717) is 18.0 Å². The molecule has 1 fully saturated rings. The number of halogens is 1. The molecule has 2 rings (SSSR count). The lowest BCUT2D eigenvalue weighted by molar-refractivity contribution is -0.117. The number of hydrogen-bond donors (Lipinski definition) is 2. The van der Waals surface area contributed by atoms with Crippen molar-refractivity contribution in [2.75, 3.05) is 5.32 Å². The summed E-state index contributed by atoms with van der Waals surface area (Å²) in [5.41, 5.74) is 0.572. The molecule has 0 unspecified atom stereocenters. The van der Waals surface area contributed by atoms with Crippen LogP contribution < -0.4 is 5.32 Å². The Morgan fingerprint density at radius 3 is 2.61 bits per heavy atom. The molecule has 0 saturated heterocycles. The monoisotopic (exact) mass is 267 g/mol. The maximum Gasteiger partial charge on any atom is 0.337 e. The molecule has 0 aliphatic heterocycles. The van der Waals surface area contributed by atoms with Gasteiger partial charge in [0, 0.05) is 12.1 Å². The van der Waals surface area contributed by atoms with Gasteiger partial charge in [0.1, 0.15) is 0 Å². The zero-order valence-electron chi connectivity index (χ0n) is 9.78. The highest BCUT2D eigenvalue weighted by molar-refractivity contribution is 6.33. The normalized spacial score (nSPS) is 14.9. The molecule has 0 spiro atoms. The molecule has 96 valence electrons. The Bertz CT molecular complexity index is 483. The SMILES string of the molecule is O=C(CC1CCC1)Nc1ccc(C(=O)O)c(Cl)c1. The molecule has 2 N–H and O–H groups in total. The van der Waals surface area contributed by atoms with Crippen molar-refractivity contribution >= 4 is 29.2 Å². The highest BCUT2D eigenvalue weighted by atomic mass is 35.5. The van der Waals surface area contributed by atoms with Gasteiger partial charge in [0.25, 0.3) is 0 Å². The first-order chi connectivity index (χ1) is 8.56. The van der Waals surface area contributed by atoms with E-state index in [2.05, 4.69) is 5.32 Å². The van der Waals surface area contributed by atoms with E-state index in [1.165, 1.54) is 18.6 Å². The van der Waals surface area contributed by atoms with Gasteiger partial charge in [-0.25, -0.2) is 4.79 Å². The van der Waals surface area contributed by atoms with Gasteiger partial charge < -0.3 is 10.4 Å². The van der Waals surface area contributed by atoms with Gasteiger partial charge in [-0.05, 0) is 37.0 Å². The van der Waals surface area contributed by atoms with E-state index in [0.717, 1.165) is 12.8 Å². The predicted molar refractivity (Wildman–Crippen MR) is 69.0 cm³/mol. The molecular weight excluding hydrogens is 254 g/mol. The Labute approximate surface area is 110 Å². The molecule has 0 atom stereocenters. The molecule has 1 aliphatic rings. The molecule has 1 aromatic rings. The second-order valence-corrected chi connectivity index (χ2v) is 4.96. The Morgan fingerprint density at radius 2 is 2.11 bits per heavy atom. The van der Waals surface area contributed by atoms with Crippen molar-refractivity contribution in [1.29, 1.82) is 0 Å². The molecule has 0 heterocycles. The van der Waals surface area contributed by atoms with Gasteiger partial charge >= 0.3 is 5.97 Å². The van der Waals surface area contributed by atoms with E-state index in [1.54, 1.807) is 6.07 Å². The Balaban J connectivity index is 1.98. The summed E-state index contributed by atoms with van der Waals surface area (Å²) < 4.78 is 0. The highest BCUT2D eigenvalue weighted by Crippen LogP contribution is 2.29. The van der Waals surface area contributed by atoms with Gasteiger partial charge in [0.2, 0.25) is 5.91 Å². The van der Waals surface area contributed by atoms with Crippen molar-refractivity contribution in [1.82, 2.24) is 0 Å². The van der Waals surface area contributed by atoms with Gasteiger partial charge in [-0.3, -0.25) is 4.79 Å². The number of carbonyl (C=O) groups is 2. The minimum Gasteiger partial charge on any atom is -0.478 e. The predicted octanol–water partition coefficient (Wildman–Crippen LogP) is 3.17. The third kappa shape index (κ3) is 3.01. The van der Waals surface area contributed by atoms with E-state index >= 15 is 0 Å². The first kappa shape index (κ1) is 12.9. The van der Waals surface area contributed by atoms with Crippen LogP contribution in [0.5, 0.6) is 0 Å². The topological polar surface area (TPSA) is 66.4 Å². The summed E-state index contributed by atoms with van der Waals surface area (Å²) in [6.45, 7) is 0. The number of carboxylic acids is 1. The summed E-state index contributed by atoms with van der Waals surface area (Å²) in [5, 5.41) is 11.7. The summed E-state index contributed by atoms with van der Waals surface area (Å²) in [5.74, 6) is -0.620. The maximum atomic E-state index is 11.7. The first-order valence-electron chi connectivity index (χ1n) is 5.89. The van der Waals surface area contributed by atoms with Gasteiger partial charge in [-0.1, -0.05) is 18.0 Å². The lowest BCUT2D eigenvalue weighted by atomic mass is 9.83. The van der Waals surface area contributed by atoms with Crippen LogP contribution in [0.3, 0.4) is 0 Å². The fourth-order valence-corrected chi connectivity index (χ4v) is 2.20. The molecule has 0 bridgehead atoms. The summed E-state index contributed by atoms with van der Waals surface area (Å²) >= 11 is 5.82. The molecule has 0 radical (unpaired) electrons. The molecule has 4 nitrogen and oxygen atoms in total. The van der Waals surface area contributed by atoms with Crippen LogP contribution in [0.2, 0.25) is 5.02 Å². The summed E-state index contributed by atoms with van der Waals surface area (Å²) in [6.07, 6.45) is 3.97. The van der Waals surface area contributed by atoms with Crippen molar-refractivity contribution < 1.29 is 14.7 Å². The third-order valence-electron chi connectivity index (χ3n) is 3.18. The number of aromatic carboxylic acids is 1. The lowest BCUT2D eigenvalue weighted by Gasteiger charge is -2.24. The second-order valence-electron chi connectivity index (χ2n) is 4.55. The number of amides is 1. The zero-order valence-corrected chi connectivity index (χ0v) is 10.5. The smallest absolute Gasteiger partial charge is 0.337 e. The number of nitrogens with one attached hydrogen (secondary N) is 1. The van der Waals surface area contributed by atoms with Gasteiger partial charge in [-0.15, -0.1) is 0 Å². The van der Waals surface area contributed by atoms with E-state index in [9.17, 15) is 9.59 Å². The van der Waals surface area contributed by atoms with Crippen LogP contribution in [0.1, 0.15) is 36.0 Å². The van der Waals surface area contributed by atoms with Crippen LogP contribution in [-0.4, -0.2) is 17.0 Å². The minimum atomic E-state index is -1.08. The third-order valence-corrected chi connectivity index (χ3v) is 3.49. The van der Waals surface area contributed by atoms with Gasteiger partial charge in [-0.2, -0.15) is 0 Å². The van der Waals surface area contributed by atoms with Crippen LogP contribution in [-0.2, 0) is 4.79 Å². The average Bonchev–Trinajstić information content (AvgIpc) is 2.23. The van der Waals surface area contributed by atoms with Crippen LogP contribution in [0, 0.1) is 5.92 Å². The Morgan fingerprint density at radius 1 is 1.39 bits per heavy atom. The van der Waals surface area contributed by atoms with Crippen LogP contribution in [0.25, 0.3) is 0 Å². The van der Waals surface area contributed by atoms with E-state index in [4.69, 9.17) is 16.7 Å². The number of hydrogen-bond acceptors (Lipinski definition) is 2. The summed E-state index contributed by atoms with van der Waals surface area (Å²) in [7, 11) is 0. The molecule has 1 aromatic carbocycles. The largest absolute Gasteiger partial charge is 0.478 e. The van der Waals surface area contributed by atoms with Crippen molar-refractivity contribution in [3.8, 4) is 0 Å². The molecule has 18 heavy (non-hydrogen) atoms. The van der Waals surface area contributed by atoms with Crippen molar-refractivity contribution in [2.24, 2.45) is 5.92 Å². The standard InChI is InChI=1S/C13H14ClNO3/c14-11-7-9(4-5-10(11)13(17)18)15-12(16)6-8-2-1-3-8/h4-5,7-8H,1-3,6H2,(H,15,16)(H,17,18). The average molecular weight is 268 g/mol. The Hall–Kier alpha value is -1.55. The van der Waals surface area contributed by atoms with Crippen molar-refractivity contribution in [2.45, 2.75) is 25.7 Å². The van der Waals surface area contributed by atoms with Crippen LogP contribution in [0.4, 0.5) is 5.69 Å². The van der Waals surface area contributed by atoms with E-state index in [-0.39, 0.29) is 16.5 Å². The lowest BCUT2D eigenvalue weighted by Crippen LogP contribution is -2.20. The van der Waals surface area contributed by atoms with Gasteiger partial charge in [0.15, 0.2) is 0 Å². The molecule has 1 aliphatic carbocycles. The number of rotatable bonds is 4. The minimum absolute atomic E-state index is 0.0358. The Kier molecular flexibility index (Phi) is 3.87. The number of carbonyl (C=O) groups excluding carboxylic acids is 1. The quantitative estimate of drug-likeness (QED) is 0.880. The number of anilines is 1. The maximum absolute atomic E-state index is 11.7. The van der Waals surface area contributed by atoms with Crippen molar-refractivity contribution in [3.63, 3.8) is 0 Å². The fourth-order valence-electron chi connectivity index (χ4n) is 1.94. The van der Waals surface area contributed by atoms with Gasteiger partial charge in [0.05, 0.1) is 10.6 Å². The van der Waals surface area contributed by atoms with E-state index < -0.39 is 5.97 Å².